The molecule has 1 rings (SSSR count). The molecule has 1 aliphatic carbocycles. The zero-order valence-electron chi connectivity index (χ0n) is 5.38. The summed E-state index contributed by atoms with van der Waals surface area (Å²) in [5.74, 6) is -0.216. The van der Waals surface area contributed by atoms with Crippen molar-refractivity contribution in [3.8, 4) is 0 Å². The largest absolute Gasteiger partial charge is 0.402 e. The van der Waals surface area contributed by atoms with Crippen LogP contribution in [0.25, 0.3) is 0 Å². The molecule has 1 atom stereocenters. The van der Waals surface area contributed by atoms with Crippen LogP contribution in [0.1, 0.15) is 6.42 Å². The zero-order chi connectivity index (χ0) is 7.56. The molecule has 0 saturated carbocycles. The Bertz CT molecular complexity index is 208. The molecular weight excluding hydrogens is 150 g/mol. The van der Waals surface area contributed by atoms with Crippen LogP contribution in [-0.4, -0.2) is 5.24 Å². The first-order valence-corrected chi connectivity index (χ1v) is 3.40. The summed E-state index contributed by atoms with van der Waals surface area (Å²) in [6, 6.07) is 0. The summed E-state index contributed by atoms with van der Waals surface area (Å²) in [5, 5.41) is -0.340. The number of nitrogens with two attached hydrogens (primary N) is 1. The fraction of sp³-hybridized carbons (Fsp3) is 0.286. The van der Waals surface area contributed by atoms with Gasteiger partial charge in [-0.05, 0) is 17.7 Å². The van der Waals surface area contributed by atoms with Gasteiger partial charge in [-0.25, -0.2) is 0 Å². The number of carbonyl (C=O) groups excluding carboxylic acids is 1. The third kappa shape index (κ3) is 1.61. The number of hydrogen-bond acceptors (Lipinski definition) is 2. The van der Waals surface area contributed by atoms with Gasteiger partial charge in [-0.2, -0.15) is 0 Å². The minimum Gasteiger partial charge on any atom is -0.402 e. The lowest BCUT2D eigenvalue weighted by Gasteiger charge is -2.10. The van der Waals surface area contributed by atoms with Crippen LogP contribution in [0.4, 0.5) is 0 Å². The molecule has 1 unspecified atom stereocenters. The molecule has 0 heterocycles. The molecule has 0 spiro atoms. The van der Waals surface area contributed by atoms with Crippen LogP contribution in [0.5, 0.6) is 0 Å². The lowest BCUT2D eigenvalue weighted by atomic mass is 10.0. The minimum atomic E-state index is -0.340. The Morgan fingerprint density at radius 1 is 1.80 bits per heavy atom. The molecule has 0 fully saturated rings. The summed E-state index contributed by atoms with van der Waals surface area (Å²) < 4.78 is 0. The first-order chi connectivity index (χ1) is 4.70. The third-order valence-electron chi connectivity index (χ3n) is 1.40. The molecule has 2 nitrogen and oxygen atoms in total. The first kappa shape index (κ1) is 7.35. The Morgan fingerprint density at radius 2 is 2.50 bits per heavy atom. The second kappa shape index (κ2) is 2.88. The van der Waals surface area contributed by atoms with Crippen molar-refractivity contribution in [3.63, 3.8) is 0 Å². The average Bonchev–Trinajstić information content (AvgIpc) is 1.88. The van der Waals surface area contributed by atoms with Gasteiger partial charge in [0, 0.05) is 12.1 Å². The van der Waals surface area contributed by atoms with Crippen LogP contribution in [0.15, 0.2) is 23.9 Å². The van der Waals surface area contributed by atoms with Crippen LogP contribution in [0, 0.1) is 5.92 Å². The SMILES string of the molecule is NC1=CC=CC(C(=O)Cl)C1. The van der Waals surface area contributed by atoms with Gasteiger partial charge in [0.25, 0.3) is 0 Å². The number of halogens is 1. The lowest BCUT2D eigenvalue weighted by molar-refractivity contribution is -0.113. The topological polar surface area (TPSA) is 43.1 Å². The molecule has 0 bridgehead atoms. The van der Waals surface area contributed by atoms with Crippen molar-refractivity contribution in [3.05, 3.63) is 23.9 Å². The molecule has 0 amide bonds. The highest BCUT2D eigenvalue weighted by molar-refractivity contribution is 6.64. The third-order valence-corrected chi connectivity index (χ3v) is 1.68. The van der Waals surface area contributed by atoms with E-state index < -0.39 is 0 Å². The van der Waals surface area contributed by atoms with Crippen LogP contribution in [0.2, 0.25) is 0 Å². The van der Waals surface area contributed by atoms with E-state index in [1.54, 1.807) is 18.2 Å². The van der Waals surface area contributed by atoms with Crippen molar-refractivity contribution in [2.45, 2.75) is 6.42 Å². The van der Waals surface area contributed by atoms with Crippen molar-refractivity contribution >= 4 is 16.8 Å². The van der Waals surface area contributed by atoms with Gasteiger partial charge >= 0.3 is 0 Å². The van der Waals surface area contributed by atoms with Gasteiger partial charge in [0.2, 0.25) is 5.24 Å². The first-order valence-electron chi connectivity index (χ1n) is 3.02. The maximum Gasteiger partial charge on any atom is 0.228 e. The van der Waals surface area contributed by atoms with Crippen molar-refractivity contribution in [1.82, 2.24) is 0 Å². The minimum absolute atomic E-state index is 0.216. The normalized spacial score (nSPS) is 24.1. The van der Waals surface area contributed by atoms with Crippen LogP contribution in [-0.2, 0) is 4.79 Å². The van der Waals surface area contributed by atoms with Crippen molar-refractivity contribution in [1.29, 1.82) is 0 Å². The average molecular weight is 158 g/mol. The Balaban J connectivity index is 2.64. The van der Waals surface area contributed by atoms with E-state index in [0.29, 0.717) is 12.1 Å². The molecule has 0 aromatic carbocycles. The van der Waals surface area contributed by atoms with E-state index in [4.69, 9.17) is 17.3 Å². The quantitative estimate of drug-likeness (QED) is 0.581. The van der Waals surface area contributed by atoms with E-state index in [1.807, 2.05) is 0 Å². The van der Waals surface area contributed by atoms with Gasteiger partial charge in [0.15, 0.2) is 0 Å². The lowest BCUT2D eigenvalue weighted by Crippen LogP contribution is -2.12. The standard InChI is InChI=1S/C7H8ClNO/c8-7(10)5-2-1-3-6(9)4-5/h1-3,5H,4,9H2. The fourth-order valence-corrected chi connectivity index (χ4v) is 1.01. The molecule has 0 aromatic rings. The van der Waals surface area contributed by atoms with Crippen molar-refractivity contribution < 1.29 is 4.79 Å². The maximum absolute atomic E-state index is 10.6. The Hall–Kier alpha value is -0.760. The number of carbonyl (C=O) groups is 1. The van der Waals surface area contributed by atoms with Gasteiger partial charge in [-0.3, -0.25) is 4.79 Å². The highest BCUT2D eigenvalue weighted by atomic mass is 35.5. The zero-order valence-corrected chi connectivity index (χ0v) is 6.14. The predicted octanol–water partition coefficient (Wildman–Crippen LogP) is 1.17. The summed E-state index contributed by atoms with van der Waals surface area (Å²) in [5.41, 5.74) is 6.17. The molecule has 0 aromatic heterocycles. The Labute approximate surface area is 64.3 Å². The summed E-state index contributed by atoms with van der Waals surface area (Å²) in [4.78, 5) is 10.6. The Kier molecular flexibility index (Phi) is 2.12. The highest BCUT2D eigenvalue weighted by Gasteiger charge is 2.15. The molecule has 2 N–H and O–H groups in total. The fourth-order valence-electron chi connectivity index (χ4n) is 0.859. The van der Waals surface area contributed by atoms with E-state index in [9.17, 15) is 4.79 Å². The number of hydrogen-bond donors (Lipinski definition) is 1. The molecule has 1 aliphatic rings. The van der Waals surface area contributed by atoms with Crippen LogP contribution in [0.3, 0.4) is 0 Å². The molecule has 10 heavy (non-hydrogen) atoms. The van der Waals surface area contributed by atoms with Crippen molar-refractivity contribution in [2.75, 3.05) is 0 Å². The van der Waals surface area contributed by atoms with Crippen molar-refractivity contribution in [2.24, 2.45) is 11.7 Å². The molecular formula is C7H8ClNO. The summed E-state index contributed by atoms with van der Waals surface area (Å²) in [6.07, 6.45) is 5.84. The maximum atomic E-state index is 10.6. The second-order valence-electron chi connectivity index (χ2n) is 2.24. The van der Waals surface area contributed by atoms with Gasteiger partial charge in [-0.15, -0.1) is 0 Å². The monoisotopic (exact) mass is 157 g/mol. The van der Waals surface area contributed by atoms with Gasteiger partial charge in [-0.1, -0.05) is 12.2 Å². The summed E-state index contributed by atoms with van der Waals surface area (Å²) in [7, 11) is 0. The van der Waals surface area contributed by atoms with Gasteiger partial charge in [0.05, 0.1) is 5.92 Å². The molecule has 54 valence electrons. The molecule has 0 aliphatic heterocycles. The predicted molar refractivity (Wildman–Crippen MR) is 40.4 cm³/mol. The van der Waals surface area contributed by atoms with E-state index in [1.165, 1.54) is 0 Å². The molecule has 0 saturated heterocycles. The van der Waals surface area contributed by atoms with E-state index in [-0.39, 0.29) is 11.2 Å². The van der Waals surface area contributed by atoms with Gasteiger partial charge in [0.1, 0.15) is 0 Å². The highest BCUT2D eigenvalue weighted by Crippen LogP contribution is 2.17. The van der Waals surface area contributed by atoms with Crippen LogP contribution >= 0.6 is 11.6 Å². The number of rotatable bonds is 1. The summed E-state index contributed by atoms with van der Waals surface area (Å²) in [6.45, 7) is 0. The number of allylic oxidation sites excluding steroid dienone is 4. The van der Waals surface area contributed by atoms with E-state index in [2.05, 4.69) is 0 Å². The molecule has 0 radical (unpaired) electrons. The smallest absolute Gasteiger partial charge is 0.228 e. The second-order valence-corrected chi connectivity index (χ2v) is 2.61. The van der Waals surface area contributed by atoms with E-state index >= 15 is 0 Å². The van der Waals surface area contributed by atoms with Crippen LogP contribution < -0.4 is 5.73 Å². The van der Waals surface area contributed by atoms with Gasteiger partial charge < -0.3 is 5.73 Å². The Morgan fingerprint density at radius 3 is 2.90 bits per heavy atom. The van der Waals surface area contributed by atoms with E-state index in [0.717, 1.165) is 0 Å². The summed E-state index contributed by atoms with van der Waals surface area (Å²) >= 11 is 5.25. The molecule has 3 heteroatoms.